The molecule has 2 saturated carbocycles. The number of carboxylic acid groups (broad SMARTS) is 1. The highest BCUT2D eigenvalue weighted by Crippen LogP contribution is 2.22. The van der Waals surface area contributed by atoms with Gasteiger partial charge in [-0.1, -0.05) is 68.9 Å². The number of nitrogens with one attached hydrogen (secondary N) is 2. The van der Waals surface area contributed by atoms with E-state index >= 15 is 0 Å². The number of aliphatic carboxylic acids is 1. The maximum atomic E-state index is 11.6. The number of alkyl carbamates (subject to hydrolysis) is 1. The molecule has 0 radical (unpaired) electrons. The molecule has 0 aliphatic heterocycles. The van der Waals surface area contributed by atoms with Crippen molar-refractivity contribution in [1.82, 2.24) is 10.6 Å². The fourth-order valence-electron chi connectivity index (χ4n) is 4.44. The number of hydrogen-bond donors (Lipinski definition) is 3. The molecule has 3 N–H and O–H groups in total. The van der Waals surface area contributed by atoms with E-state index in [2.05, 4.69) is 15.4 Å². The van der Waals surface area contributed by atoms with Crippen molar-refractivity contribution in [2.24, 2.45) is 0 Å². The van der Waals surface area contributed by atoms with Gasteiger partial charge in [0.2, 0.25) is 0 Å². The zero-order chi connectivity index (χ0) is 24.6. The van der Waals surface area contributed by atoms with Crippen LogP contribution in [0.4, 0.5) is 4.79 Å². The third-order valence-corrected chi connectivity index (χ3v) is 6.32. The molecule has 1 amide bonds. The minimum absolute atomic E-state index is 0.0551. The lowest BCUT2D eigenvalue weighted by Crippen LogP contribution is -2.42. The summed E-state index contributed by atoms with van der Waals surface area (Å²) in [6.45, 7) is 0.0551. The summed E-state index contributed by atoms with van der Waals surface area (Å²) >= 11 is 0. The van der Waals surface area contributed by atoms with E-state index in [1.807, 2.05) is 6.07 Å². The highest BCUT2D eigenvalue weighted by molar-refractivity contribution is 5.81. The Bertz CT molecular complexity index is 714. The van der Waals surface area contributed by atoms with E-state index in [-0.39, 0.29) is 19.4 Å². The Morgan fingerprint density at radius 1 is 0.941 bits per heavy atom. The molecule has 1 aromatic carbocycles. The first kappa shape index (κ1) is 27.6. The summed E-state index contributed by atoms with van der Waals surface area (Å²) in [6, 6.07) is 9.72. The van der Waals surface area contributed by atoms with Crippen LogP contribution in [-0.2, 0) is 25.7 Å². The lowest BCUT2D eigenvalue weighted by Gasteiger charge is -2.30. The standard InChI is InChI=1S/C14H17NO6.C12H23N/c1-20-13(18)11(7-8-12(16)17)15-14(19)21-9-10-5-3-2-4-6-10;1-3-7-11(8-4-1)13-12-9-5-2-6-10-12/h2-6,11H,7-9H2,1H3,(H,15,19)(H,16,17);11-13H,1-10H2. The second kappa shape index (κ2) is 16.1. The highest BCUT2D eigenvalue weighted by atomic mass is 16.6. The number of carbonyl (C=O) groups is 3. The summed E-state index contributed by atoms with van der Waals surface area (Å²) in [5.74, 6) is -1.78. The number of amides is 1. The summed E-state index contributed by atoms with van der Waals surface area (Å²) in [5.41, 5.74) is 0.799. The van der Waals surface area contributed by atoms with Gasteiger partial charge in [0.05, 0.1) is 7.11 Å². The molecular weight excluding hydrogens is 436 g/mol. The molecule has 2 aliphatic rings. The lowest BCUT2D eigenvalue weighted by molar-refractivity contribution is -0.143. The first-order valence-corrected chi connectivity index (χ1v) is 12.5. The predicted molar refractivity (Wildman–Crippen MR) is 129 cm³/mol. The van der Waals surface area contributed by atoms with Gasteiger partial charge in [0, 0.05) is 18.5 Å². The number of rotatable bonds is 9. The van der Waals surface area contributed by atoms with Gasteiger partial charge >= 0.3 is 18.0 Å². The molecule has 1 aromatic rings. The van der Waals surface area contributed by atoms with Crippen molar-refractivity contribution in [1.29, 1.82) is 0 Å². The van der Waals surface area contributed by atoms with Crippen molar-refractivity contribution in [3.8, 4) is 0 Å². The van der Waals surface area contributed by atoms with Gasteiger partial charge < -0.3 is 25.2 Å². The van der Waals surface area contributed by atoms with Crippen LogP contribution in [0.3, 0.4) is 0 Å². The summed E-state index contributed by atoms with van der Waals surface area (Å²) in [7, 11) is 1.16. The first-order valence-electron chi connectivity index (χ1n) is 12.5. The number of carbonyl (C=O) groups excluding carboxylic acids is 2. The summed E-state index contributed by atoms with van der Waals surface area (Å²) in [4.78, 5) is 33.6. The number of carboxylic acids is 1. The zero-order valence-electron chi connectivity index (χ0n) is 20.3. The monoisotopic (exact) mass is 476 g/mol. The van der Waals surface area contributed by atoms with E-state index in [4.69, 9.17) is 9.84 Å². The van der Waals surface area contributed by atoms with E-state index in [1.165, 1.54) is 64.2 Å². The zero-order valence-corrected chi connectivity index (χ0v) is 20.3. The molecule has 0 aromatic heterocycles. The normalized spacial score (nSPS) is 17.6. The van der Waals surface area contributed by atoms with E-state index in [0.29, 0.717) is 0 Å². The van der Waals surface area contributed by atoms with Crippen LogP contribution in [0.25, 0.3) is 0 Å². The summed E-state index contributed by atoms with van der Waals surface area (Å²) in [5, 5.41) is 14.8. The molecule has 8 heteroatoms. The fraction of sp³-hybridized carbons (Fsp3) is 0.654. The van der Waals surface area contributed by atoms with Gasteiger partial charge in [-0.15, -0.1) is 0 Å². The fourth-order valence-corrected chi connectivity index (χ4v) is 4.44. The topological polar surface area (TPSA) is 114 Å². The molecule has 0 bridgehead atoms. The van der Waals surface area contributed by atoms with Crippen LogP contribution in [-0.4, -0.2) is 48.4 Å². The molecule has 1 unspecified atom stereocenters. The highest BCUT2D eigenvalue weighted by Gasteiger charge is 2.23. The van der Waals surface area contributed by atoms with Crippen LogP contribution in [0.1, 0.15) is 82.6 Å². The Kier molecular flexibility index (Phi) is 13.1. The van der Waals surface area contributed by atoms with Crippen molar-refractivity contribution < 1.29 is 29.0 Å². The maximum absolute atomic E-state index is 11.6. The minimum atomic E-state index is -1.07. The second-order valence-corrected chi connectivity index (χ2v) is 9.05. The van der Waals surface area contributed by atoms with Crippen LogP contribution >= 0.6 is 0 Å². The Morgan fingerprint density at radius 2 is 1.50 bits per heavy atom. The summed E-state index contributed by atoms with van der Waals surface area (Å²) < 4.78 is 9.46. The number of ether oxygens (including phenoxy) is 2. The average Bonchev–Trinajstić information content (AvgIpc) is 2.87. The SMILES string of the molecule is C1CCC(NC2CCCCC2)CC1.COC(=O)C(CCC(=O)O)NC(=O)OCc1ccccc1. The number of hydrogen-bond acceptors (Lipinski definition) is 6. The quantitative estimate of drug-likeness (QED) is 0.448. The molecule has 0 saturated heterocycles. The van der Waals surface area contributed by atoms with Gasteiger partial charge in [-0.05, 0) is 37.7 Å². The molecule has 8 nitrogen and oxygen atoms in total. The van der Waals surface area contributed by atoms with Crippen molar-refractivity contribution in [2.45, 2.75) is 102 Å². The number of benzene rings is 1. The van der Waals surface area contributed by atoms with E-state index < -0.39 is 24.1 Å². The van der Waals surface area contributed by atoms with Crippen LogP contribution in [0, 0.1) is 0 Å². The van der Waals surface area contributed by atoms with Gasteiger partial charge in [0.1, 0.15) is 12.6 Å². The van der Waals surface area contributed by atoms with Gasteiger partial charge in [-0.2, -0.15) is 0 Å². The largest absolute Gasteiger partial charge is 0.481 e. The van der Waals surface area contributed by atoms with Crippen molar-refractivity contribution in [2.75, 3.05) is 7.11 Å². The van der Waals surface area contributed by atoms with E-state index in [0.717, 1.165) is 24.8 Å². The molecule has 2 fully saturated rings. The van der Waals surface area contributed by atoms with Crippen LogP contribution < -0.4 is 10.6 Å². The smallest absolute Gasteiger partial charge is 0.408 e. The van der Waals surface area contributed by atoms with E-state index in [1.54, 1.807) is 24.3 Å². The van der Waals surface area contributed by atoms with Crippen LogP contribution in [0.5, 0.6) is 0 Å². The van der Waals surface area contributed by atoms with Crippen molar-refractivity contribution in [3.63, 3.8) is 0 Å². The van der Waals surface area contributed by atoms with Gasteiger partial charge in [0.25, 0.3) is 0 Å². The second-order valence-electron chi connectivity index (χ2n) is 9.05. The molecule has 0 spiro atoms. The Labute approximate surface area is 202 Å². The summed E-state index contributed by atoms with van der Waals surface area (Å²) in [6.07, 6.45) is 13.4. The van der Waals surface area contributed by atoms with Gasteiger partial charge in [0.15, 0.2) is 0 Å². The van der Waals surface area contributed by atoms with Crippen molar-refractivity contribution >= 4 is 18.0 Å². The van der Waals surface area contributed by atoms with Gasteiger partial charge in [-0.25, -0.2) is 9.59 Å². The molecular formula is C26H40N2O6. The molecule has 34 heavy (non-hydrogen) atoms. The Hall–Kier alpha value is -2.61. The molecule has 3 rings (SSSR count). The molecule has 1 atom stereocenters. The van der Waals surface area contributed by atoms with Crippen LogP contribution in [0.15, 0.2) is 30.3 Å². The lowest BCUT2D eigenvalue weighted by atomic mass is 9.91. The minimum Gasteiger partial charge on any atom is -0.481 e. The Balaban J connectivity index is 0.000000266. The molecule has 0 heterocycles. The van der Waals surface area contributed by atoms with E-state index in [9.17, 15) is 14.4 Å². The van der Waals surface area contributed by atoms with Gasteiger partial charge in [-0.3, -0.25) is 4.79 Å². The maximum Gasteiger partial charge on any atom is 0.408 e. The third kappa shape index (κ3) is 11.5. The Morgan fingerprint density at radius 3 is 2.00 bits per heavy atom. The van der Waals surface area contributed by atoms with Crippen molar-refractivity contribution in [3.05, 3.63) is 35.9 Å². The molecule has 2 aliphatic carbocycles. The average molecular weight is 477 g/mol. The third-order valence-electron chi connectivity index (χ3n) is 6.32. The predicted octanol–water partition coefficient (Wildman–Crippen LogP) is 4.56. The number of methoxy groups -OCH3 is 1. The first-order chi connectivity index (χ1) is 16.5. The number of esters is 1. The molecule has 190 valence electrons. The van der Waals surface area contributed by atoms with Crippen LogP contribution in [0.2, 0.25) is 0 Å².